The van der Waals surface area contributed by atoms with Gasteiger partial charge >= 0.3 is 23.9 Å². The highest BCUT2D eigenvalue weighted by atomic mass is 16.6. The van der Waals surface area contributed by atoms with E-state index in [1.807, 2.05) is 139 Å². The Kier molecular flexibility index (Phi) is 22.7. The van der Waals surface area contributed by atoms with Gasteiger partial charge in [0.15, 0.2) is 0 Å². The van der Waals surface area contributed by atoms with E-state index in [2.05, 4.69) is 37.4 Å². The maximum Gasteiger partial charge on any atom is 0.333 e. The normalized spacial score (nSPS) is 20.0. The Hall–Kier alpha value is -6.92. The average Bonchev–Trinajstić information content (AvgIpc) is 1.67. The number of esters is 4. The van der Waals surface area contributed by atoms with Crippen molar-refractivity contribution >= 4 is 23.9 Å². The molecule has 3 aliphatic carbocycles. The Morgan fingerprint density at radius 2 is 0.812 bits per heavy atom. The van der Waals surface area contributed by atoms with Crippen LogP contribution in [0.5, 0.6) is 11.5 Å². The first kappa shape index (κ1) is 65.6. The molecule has 16 nitrogen and oxygen atoms in total. The van der Waals surface area contributed by atoms with Gasteiger partial charge in [-0.05, 0) is 149 Å². The summed E-state index contributed by atoms with van der Waals surface area (Å²) in [7, 11) is 0. The predicted octanol–water partition coefficient (Wildman–Crippen LogP) is 9.60. The summed E-state index contributed by atoms with van der Waals surface area (Å²) in [6.45, 7) is 20.4. The first-order valence-electron chi connectivity index (χ1n) is 29.4. The summed E-state index contributed by atoms with van der Waals surface area (Å²) in [5.41, 5.74) is 4.58. The molecule has 4 aromatic rings. The van der Waals surface area contributed by atoms with Gasteiger partial charge in [0.05, 0.1) is 41.7 Å². The molecule has 4 aromatic carbocycles. The minimum Gasteiger partial charge on any atom is -0.491 e. The van der Waals surface area contributed by atoms with Gasteiger partial charge < -0.3 is 58.3 Å². The third-order valence-corrected chi connectivity index (χ3v) is 17.1. The molecular formula is C69H86O16. The van der Waals surface area contributed by atoms with E-state index in [0.29, 0.717) is 37.2 Å². The molecule has 0 heterocycles. The number of carbonyl (C=O) groups is 4. The van der Waals surface area contributed by atoms with Crippen molar-refractivity contribution in [1.29, 1.82) is 0 Å². The van der Waals surface area contributed by atoms with Crippen molar-refractivity contribution < 1.29 is 77.5 Å². The smallest absolute Gasteiger partial charge is 0.333 e. The van der Waals surface area contributed by atoms with Crippen LogP contribution >= 0.6 is 0 Å². The second-order valence-corrected chi connectivity index (χ2v) is 24.0. The summed E-state index contributed by atoms with van der Waals surface area (Å²) < 4.78 is 46.1. The van der Waals surface area contributed by atoms with Crippen LogP contribution in [-0.2, 0) is 53.0 Å². The van der Waals surface area contributed by atoms with Crippen molar-refractivity contribution in [2.45, 2.75) is 122 Å². The van der Waals surface area contributed by atoms with E-state index in [-0.39, 0.29) is 87.7 Å². The molecule has 458 valence electrons. The zero-order chi connectivity index (χ0) is 61.6. The van der Waals surface area contributed by atoms with E-state index < -0.39 is 76.7 Å². The van der Waals surface area contributed by atoms with Gasteiger partial charge in [0, 0.05) is 11.1 Å². The lowest BCUT2D eigenvalue weighted by molar-refractivity contribution is -0.160. The predicted molar refractivity (Wildman–Crippen MR) is 321 cm³/mol. The molecule has 0 fully saturated rings. The standard InChI is InChI=1S/C69H86O16/c1-43(2)63(74)80-37-50(71)39-83-66(77)60-24-14-12-19-55(60)45(5)67(7,8)84-41-51(72)36-79-54-33-29-48(30-34-54)69(61-25-17-15-21-57(61)58-22-16-18-26-62(58)69)47-27-31-53(32-28-47)78-35-49(70)38-82-65(76)59-23-13-11-20-56(59)46(6)68(9,10)85-42-52(73)40-81-64(75)44(3)4/h11-18,21-22,25-34,45-46,49-52,55-56,59-60,70-73H,1,3,19-20,23-24,35-42H2,2,4-10H3. The van der Waals surface area contributed by atoms with E-state index in [1.165, 1.54) is 13.8 Å². The first-order valence-corrected chi connectivity index (χ1v) is 29.4. The molecule has 4 N–H and O–H groups in total. The molecule has 10 atom stereocenters. The number of aliphatic hydroxyl groups is 4. The summed E-state index contributed by atoms with van der Waals surface area (Å²) in [6, 6.07) is 32.5. The number of aliphatic hydroxyl groups excluding tert-OH is 4. The minimum atomic E-state index is -1.18. The van der Waals surface area contributed by atoms with Gasteiger partial charge in [0.1, 0.15) is 75.6 Å². The van der Waals surface area contributed by atoms with Gasteiger partial charge in [-0.3, -0.25) is 9.59 Å². The van der Waals surface area contributed by atoms with Crippen LogP contribution in [0.15, 0.2) is 146 Å². The van der Waals surface area contributed by atoms with Gasteiger partial charge in [0.2, 0.25) is 0 Å². The van der Waals surface area contributed by atoms with E-state index in [9.17, 15) is 39.6 Å². The number of hydrogen-bond donors (Lipinski definition) is 4. The summed E-state index contributed by atoms with van der Waals surface area (Å²) in [5, 5.41) is 43.0. The maximum absolute atomic E-state index is 13.7. The van der Waals surface area contributed by atoms with E-state index in [0.717, 1.165) is 33.4 Å². The fourth-order valence-corrected chi connectivity index (χ4v) is 11.6. The Bertz CT molecular complexity index is 2950. The van der Waals surface area contributed by atoms with Gasteiger partial charge in [-0.1, -0.05) is 124 Å². The third kappa shape index (κ3) is 16.3. The highest BCUT2D eigenvalue weighted by molar-refractivity contribution is 5.88. The second kappa shape index (κ2) is 29.5. The lowest BCUT2D eigenvalue weighted by atomic mass is 9.68. The molecule has 16 heteroatoms. The number of benzene rings is 4. The Balaban J connectivity index is 0.945. The van der Waals surface area contributed by atoms with E-state index >= 15 is 0 Å². The monoisotopic (exact) mass is 1170 g/mol. The third-order valence-electron chi connectivity index (χ3n) is 17.1. The molecule has 10 unspecified atom stereocenters. The van der Waals surface area contributed by atoms with Gasteiger partial charge in [-0.25, -0.2) is 9.59 Å². The Labute approximate surface area is 500 Å². The van der Waals surface area contributed by atoms with Crippen molar-refractivity contribution in [3.63, 3.8) is 0 Å². The topological polar surface area (TPSA) is 223 Å². The van der Waals surface area contributed by atoms with Crippen LogP contribution in [0, 0.1) is 35.5 Å². The van der Waals surface area contributed by atoms with Crippen molar-refractivity contribution in [2.24, 2.45) is 35.5 Å². The zero-order valence-corrected chi connectivity index (χ0v) is 50.4. The molecule has 0 radical (unpaired) electrons. The number of rotatable bonds is 30. The van der Waals surface area contributed by atoms with Crippen molar-refractivity contribution in [3.05, 3.63) is 168 Å². The summed E-state index contributed by atoms with van der Waals surface area (Å²) in [5.74, 6) is -2.55. The van der Waals surface area contributed by atoms with Crippen LogP contribution in [0.2, 0.25) is 0 Å². The highest BCUT2D eigenvalue weighted by Crippen LogP contribution is 2.56. The molecule has 0 aromatic heterocycles. The first-order chi connectivity index (χ1) is 40.4. The molecule has 85 heavy (non-hydrogen) atoms. The maximum atomic E-state index is 13.7. The fourth-order valence-electron chi connectivity index (χ4n) is 11.6. The molecule has 7 rings (SSSR count). The summed E-state index contributed by atoms with van der Waals surface area (Å²) in [6.07, 6.45) is 5.88. The number of allylic oxidation sites excluding steroid dienone is 4. The zero-order valence-electron chi connectivity index (χ0n) is 50.4. The van der Waals surface area contributed by atoms with Crippen molar-refractivity contribution in [3.8, 4) is 22.6 Å². The summed E-state index contributed by atoms with van der Waals surface area (Å²) in [4.78, 5) is 50.5. The second-order valence-electron chi connectivity index (χ2n) is 24.0. The highest BCUT2D eigenvalue weighted by Gasteiger charge is 2.47. The largest absolute Gasteiger partial charge is 0.491 e. The van der Waals surface area contributed by atoms with E-state index in [1.54, 1.807) is 0 Å². The molecule has 0 spiro atoms. The molecule has 0 saturated carbocycles. The Morgan fingerprint density at radius 3 is 1.20 bits per heavy atom. The van der Waals surface area contributed by atoms with Crippen molar-refractivity contribution in [2.75, 3.05) is 52.9 Å². The number of hydrogen-bond acceptors (Lipinski definition) is 16. The molecule has 3 aliphatic rings. The van der Waals surface area contributed by atoms with Gasteiger partial charge in [0.25, 0.3) is 0 Å². The van der Waals surface area contributed by atoms with Crippen LogP contribution in [0.3, 0.4) is 0 Å². The molecule has 0 bridgehead atoms. The fraction of sp³-hybridized carbons (Fsp3) is 0.478. The quantitative estimate of drug-likeness (QED) is 0.0145. The van der Waals surface area contributed by atoms with Crippen molar-refractivity contribution in [1.82, 2.24) is 0 Å². The molecular weight excluding hydrogens is 1080 g/mol. The van der Waals surface area contributed by atoms with Crippen LogP contribution in [-0.4, -0.2) is 133 Å². The van der Waals surface area contributed by atoms with Gasteiger partial charge in [-0.2, -0.15) is 0 Å². The van der Waals surface area contributed by atoms with Crippen LogP contribution in [0.25, 0.3) is 11.1 Å². The van der Waals surface area contributed by atoms with E-state index in [4.69, 9.17) is 37.9 Å². The minimum absolute atomic E-state index is 0.0186. The lowest BCUT2D eigenvalue weighted by Gasteiger charge is -2.41. The molecule has 0 amide bonds. The average molecular weight is 1170 g/mol. The Morgan fingerprint density at radius 1 is 0.482 bits per heavy atom. The number of ether oxygens (including phenoxy) is 8. The number of fused-ring (bicyclic) bond motifs is 3. The molecule has 0 saturated heterocycles. The molecule has 0 aliphatic heterocycles. The van der Waals surface area contributed by atoms with Crippen LogP contribution in [0.4, 0.5) is 0 Å². The van der Waals surface area contributed by atoms with Gasteiger partial charge in [-0.15, -0.1) is 0 Å². The summed E-state index contributed by atoms with van der Waals surface area (Å²) >= 11 is 0. The van der Waals surface area contributed by atoms with Crippen LogP contribution in [0.1, 0.15) is 103 Å². The SMILES string of the molecule is C=C(C)C(=O)OCC(O)COC(=O)C1CC=CCC1C(C)C(C)(C)OCC(O)COc1ccc(C2(c3ccc(OCC(O)COC(=O)C4CC=CCC4C(C)C(C)(C)OCC(O)COC(=O)C(=C)C)cc3)c3ccccc3-c3ccccc32)cc1. The lowest BCUT2D eigenvalue weighted by Crippen LogP contribution is -2.44. The number of carbonyl (C=O) groups excluding carboxylic acids is 4. The van der Waals surface area contributed by atoms with Crippen LogP contribution < -0.4 is 9.47 Å².